The van der Waals surface area contributed by atoms with E-state index in [9.17, 15) is 0 Å². The van der Waals surface area contributed by atoms with E-state index in [1.54, 1.807) is 11.3 Å². The molecule has 21 aromatic rings. The van der Waals surface area contributed by atoms with E-state index in [4.69, 9.17) is 52.0 Å². The van der Waals surface area contributed by atoms with Gasteiger partial charge in [-0.3, -0.25) is 0 Å². The van der Waals surface area contributed by atoms with Crippen molar-refractivity contribution in [3.05, 3.63) is 267 Å². The van der Waals surface area contributed by atoms with Crippen LogP contribution in [0.1, 0.15) is 0 Å². The molecule has 12 heteroatoms. The SMILES string of the molecule is c1ccc2c(c1)oc1cc3c(cc12)oc1c(-c2ccc(-c4nc(-c5ccc(-c6ccc(-c7nc(-c8cccc9c8sc8ccccc89)nc(-c8cccc9oc%10cc%11c(cc%10c89)oc8ccccc8%11)n7)cc6)cc5)nc(-c5cccc6c5oc5ccccc56)n4)cc2)cccc13. The van der Waals surface area contributed by atoms with Crippen LogP contribution in [0.25, 0.3) is 220 Å². The fraction of sp³-hybridized carbons (Fsp3) is 0. The van der Waals surface area contributed by atoms with Gasteiger partial charge < -0.3 is 22.1 Å². The lowest BCUT2D eigenvalue weighted by Crippen LogP contribution is -2.00. The maximum atomic E-state index is 6.72. The first-order valence-corrected chi connectivity index (χ1v) is 32.5. The molecule has 0 aliphatic rings. The van der Waals surface area contributed by atoms with Crippen molar-refractivity contribution in [3.63, 3.8) is 0 Å². The maximum absolute atomic E-state index is 6.72. The predicted octanol–water partition coefficient (Wildman–Crippen LogP) is 23.3. The Kier molecular flexibility index (Phi) is 11.1. The molecule has 96 heavy (non-hydrogen) atoms. The summed E-state index contributed by atoms with van der Waals surface area (Å²) in [6, 6.07) is 91.2. The predicted molar refractivity (Wildman–Crippen MR) is 386 cm³/mol. The van der Waals surface area contributed by atoms with Crippen molar-refractivity contribution in [2.45, 2.75) is 0 Å². The molecule has 0 saturated carbocycles. The molecule has 0 bridgehead atoms. The van der Waals surface area contributed by atoms with Crippen molar-refractivity contribution >= 4 is 141 Å². The topological polar surface area (TPSA) is 143 Å². The number of hydrogen-bond donors (Lipinski definition) is 0. The van der Waals surface area contributed by atoms with Gasteiger partial charge in [0.15, 0.2) is 34.9 Å². The molecule has 8 heterocycles. The number of hydrogen-bond acceptors (Lipinski definition) is 12. The van der Waals surface area contributed by atoms with Gasteiger partial charge in [0.2, 0.25) is 0 Å². The number of rotatable bonds is 8. The number of nitrogens with zero attached hydrogens (tertiary/aromatic N) is 6. The summed E-state index contributed by atoms with van der Waals surface area (Å²) in [7, 11) is 0. The highest BCUT2D eigenvalue weighted by Gasteiger charge is 2.24. The summed E-state index contributed by atoms with van der Waals surface area (Å²) in [6.07, 6.45) is 0. The Bertz CT molecular complexity index is 6830. The highest BCUT2D eigenvalue weighted by atomic mass is 32.1. The largest absolute Gasteiger partial charge is 0.456 e. The number of furan rings is 5. The zero-order valence-corrected chi connectivity index (χ0v) is 51.4. The van der Waals surface area contributed by atoms with E-state index in [1.165, 1.54) is 10.1 Å². The van der Waals surface area contributed by atoms with Gasteiger partial charge in [0, 0.05) is 107 Å². The third-order valence-corrected chi connectivity index (χ3v) is 20.1. The summed E-state index contributed by atoms with van der Waals surface area (Å²) in [5, 5.41) is 12.3. The van der Waals surface area contributed by atoms with Gasteiger partial charge in [-0.25, -0.2) is 29.9 Å². The molecule has 11 nitrogen and oxygen atoms in total. The number of thiophene rings is 1. The highest BCUT2D eigenvalue weighted by molar-refractivity contribution is 7.26. The van der Waals surface area contributed by atoms with Crippen LogP contribution in [0.3, 0.4) is 0 Å². The number of para-hydroxylation sites is 5. The molecule has 0 spiro atoms. The zero-order chi connectivity index (χ0) is 62.7. The Balaban J connectivity index is 0.649. The lowest BCUT2D eigenvalue weighted by molar-refractivity contribution is 0.664. The van der Waals surface area contributed by atoms with Gasteiger partial charge in [0.1, 0.15) is 55.8 Å². The van der Waals surface area contributed by atoms with Gasteiger partial charge in [-0.15, -0.1) is 11.3 Å². The van der Waals surface area contributed by atoms with Gasteiger partial charge in [-0.05, 0) is 83.4 Å². The second-order valence-electron chi connectivity index (χ2n) is 24.4. The maximum Gasteiger partial charge on any atom is 0.167 e. The molecule has 13 aromatic carbocycles. The van der Waals surface area contributed by atoms with Gasteiger partial charge in [-0.2, -0.15) is 0 Å². The first-order chi connectivity index (χ1) is 47.5. The van der Waals surface area contributed by atoms with E-state index in [0.29, 0.717) is 40.5 Å². The Morgan fingerprint density at radius 3 is 1.19 bits per heavy atom. The van der Waals surface area contributed by atoms with E-state index in [1.807, 2.05) is 78.9 Å². The fourth-order valence-corrected chi connectivity index (χ4v) is 15.5. The van der Waals surface area contributed by atoms with Crippen molar-refractivity contribution in [2.24, 2.45) is 0 Å². The summed E-state index contributed by atoms with van der Waals surface area (Å²) in [5.41, 5.74) is 16.9. The molecule has 446 valence electrons. The van der Waals surface area contributed by atoms with Crippen molar-refractivity contribution < 1.29 is 22.1 Å². The summed E-state index contributed by atoms with van der Waals surface area (Å²) >= 11 is 1.75. The summed E-state index contributed by atoms with van der Waals surface area (Å²) in [6.45, 7) is 0. The first-order valence-electron chi connectivity index (χ1n) is 31.7. The molecular formula is C84H44N6O5S. The lowest BCUT2D eigenvalue weighted by Gasteiger charge is -2.11. The second kappa shape index (κ2) is 20.3. The normalized spacial score (nSPS) is 12.2. The van der Waals surface area contributed by atoms with E-state index < -0.39 is 0 Å². The lowest BCUT2D eigenvalue weighted by atomic mass is 10.0. The van der Waals surface area contributed by atoms with Gasteiger partial charge in [-0.1, -0.05) is 200 Å². The van der Waals surface area contributed by atoms with Crippen molar-refractivity contribution in [1.82, 2.24) is 29.9 Å². The molecule has 21 rings (SSSR count). The molecule has 0 radical (unpaired) electrons. The molecule has 0 amide bonds. The van der Waals surface area contributed by atoms with Gasteiger partial charge >= 0.3 is 0 Å². The van der Waals surface area contributed by atoms with Crippen LogP contribution in [-0.4, -0.2) is 29.9 Å². The molecule has 0 aliphatic heterocycles. The van der Waals surface area contributed by atoms with Crippen molar-refractivity contribution in [3.8, 4) is 90.6 Å². The van der Waals surface area contributed by atoms with E-state index in [-0.39, 0.29) is 0 Å². The number of aromatic nitrogens is 6. The molecule has 0 saturated heterocycles. The van der Waals surface area contributed by atoms with Crippen LogP contribution >= 0.6 is 11.3 Å². The minimum atomic E-state index is 0.498. The fourth-order valence-electron chi connectivity index (χ4n) is 14.2. The number of fused-ring (bicyclic) bond motifs is 18. The molecule has 0 atom stereocenters. The van der Waals surface area contributed by atoms with Crippen LogP contribution in [0.5, 0.6) is 0 Å². The molecule has 0 aliphatic carbocycles. The summed E-state index contributed by atoms with van der Waals surface area (Å²) in [4.78, 5) is 31.7. The smallest absolute Gasteiger partial charge is 0.167 e. The van der Waals surface area contributed by atoms with Gasteiger partial charge in [0.05, 0.1) is 5.56 Å². The van der Waals surface area contributed by atoms with Crippen molar-refractivity contribution in [2.75, 3.05) is 0 Å². The van der Waals surface area contributed by atoms with E-state index >= 15 is 0 Å². The number of benzene rings is 13. The average Bonchev–Trinajstić information content (AvgIpc) is 1.68. The van der Waals surface area contributed by atoms with Crippen LogP contribution in [0.4, 0.5) is 0 Å². The van der Waals surface area contributed by atoms with Crippen LogP contribution in [0.15, 0.2) is 289 Å². The average molecular weight is 1250 g/mol. The zero-order valence-electron chi connectivity index (χ0n) is 50.5. The first kappa shape index (κ1) is 52.7. The van der Waals surface area contributed by atoms with Crippen LogP contribution < -0.4 is 0 Å². The quantitative estimate of drug-likeness (QED) is 0.143. The Labute approximate surface area is 547 Å². The van der Waals surface area contributed by atoms with Crippen LogP contribution in [-0.2, 0) is 0 Å². The summed E-state index contributed by atoms with van der Waals surface area (Å²) < 4.78 is 35.0. The van der Waals surface area contributed by atoms with Crippen molar-refractivity contribution in [1.29, 1.82) is 0 Å². The molecular weight excluding hydrogens is 1210 g/mol. The molecule has 0 unspecified atom stereocenters. The monoisotopic (exact) mass is 1250 g/mol. The van der Waals surface area contributed by atoms with Crippen LogP contribution in [0.2, 0.25) is 0 Å². The third-order valence-electron chi connectivity index (χ3n) is 18.9. The summed E-state index contributed by atoms with van der Waals surface area (Å²) in [5.74, 6) is 3.20. The molecule has 0 fully saturated rings. The highest BCUT2D eigenvalue weighted by Crippen LogP contribution is 2.45. The van der Waals surface area contributed by atoms with Crippen LogP contribution in [0, 0.1) is 0 Å². The van der Waals surface area contributed by atoms with Gasteiger partial charge in [0.25, 0.3) is 0 Å². The second-order valence-corrected chi connectivity index (χ2v) is 25.4. The van der Waals surface area contributed by atoms with E-state index in [0.717, 1.165) is 170 Å². The Hall–Kier alpha value is -12.9. The van der Waals surface area contributed by atoms with E-state index in [2.05, 4.69) is 188 Å². The minimum absolute atomic E-state index is 0.498. The standard InChI is InChI=1S/C84H44N6O5S/c1-7-26-68-52(13-1)56-18-10-22-60(77(56)94-68)83-87-79(85-80(88-83)50-39-33-47(34-40-50)51-17-9-19-57-64-43-70-62(41-72(64)95-76(51)57)53-14-2-5-24-66(53)91-70)48-35-29-45(30-36-48)46-31-37-49(38-32-46)81-86-82(90-84(89-81)61-23-11-20-58-55-16-4-8-28-74(55)96-78(58)61)59-21-12-27-69-75(59)65-44-71-63(42-73(65)93-69)54-15-3-6-25-67(54)92-71/h1-44H. The molecule has 0 N–H and O–H groups in total. The Morgan fingerprint density at radius 2 is 0.562 bits per heavy atom. The Morgan fingerprint density at radius 1 is 0.208 bits per heavy atom. The third kappa shape index (κ3) is 8.12. The molecule has 8 aromatic heterocycles. The minimum Gasteiger partial charge on any atom is -0.456 e.